The van der Waals surface area contributed by atoms with E-state index in [2.05, 4.69) is 0 Å². The minimum absolute atomic E-state index is 0.156. The van der Waals surface area contributed by atoms with Crippen molar-refractivity contribution in [2.24, 2.45) is 0 Å². The van der Waals surface area contributed by atoms with Gasteiger partial charge in [-0.15, -0.1) is 0 Å². The summed E-state index contributed by atoms with van der Waals surface area (Å²) in [5, 5.41) is 0. The van der Waals surface area contributed by atoms with Gasteiger partial charge in [-0.1, -0.05) is 6.92 Å². The second-order valence-electron chi connectivity index (χ2n) is 5.03. The summed E-state index contributed by atoms with van der Waals surface area (Å²) in [5.41, 5.74) is 0. The normalized spacial score (nSPS) is 11.5. The van der Waals surface area contributed by atoms with E-state index in [-0.39, 0.29) is 17.3 Å². The van der Waals surface area contributed by atoms with Crippen molar-refractivity contribution in [3.05, 3.63) is 24.3 Å². The molecule has 0 aliphatic rings. The third-order valence-corrected chi connectivity index (χ3v) is 4.92. The highest BCUT2D eigenvalue weighted by atomic mass is 32.2. The molecular formula is C15H24N2O4S. The summed E-state index contributed by atoms with van der Waals surface area (Å²) < 4.78 is 31.8. The first-order valence-electron chi connectivity index (χ1n) is 7.26. The van der Waals surface area contributed by atoms with Gasteiger partial charge in [0.25, 0.3) is 0 Å². The third-order valence-electron chi connectivity index (χ3n) is 3.06. The van der Waals surface area contributed by atoms with Crippen molar-refractivity contribution in [3.63, 3.8) is 0 Å². The molecule has 1 rings (SSSR count). The van der Waals surface area contributed by atoms with Gasteiger partial charge in [-0.25, -0.2) is 8.42 Å². The molecule has 0 spiro atoms. The number of hydrogen-bond donors (Lipinski definition) is 0. The highest BCUT2D eigenvalue weighted by Crippen LogP contribution is 2.20. The van der Waals surface area contributed by atoms with Crippen LogP contribution in [0.2, 0.25) is 0 Å². The van der Waals surface area contributed by atoms with E-state index in [1.54, 1.807) is 26.2 Å². The van der Waals surface area contributed by atoms with Gasteiger partial charge in [0.1, 0.15) is 5.75 Å². The van der Waals surface area contributed by atoms with Crippen molar-refractivity contribution in [2.45, 2.75) is 25.2 Å². The van der Waals surface area contributed by atoms with Gasteiger partial charge in [-0.2, -0.15) is 4.31 Å². The summed E-state index contributed by atoms with van der Waals surface area (Å²) in [7, 11) is -0.479. The average molecular weight is 328 g/mol. The zero-order chi connectivity index (χ0) is 16.8. The SMILES string of the molecule is CCCN(CC(=O)N(C)C)S(=O)(=O)c1ccc(OCC)cc1. The van der Waals surface area contributed by atoms with Crippen LogP contribution in [0, 0.1) is 0 Å². The lowest BCUT2D eigenvalue weighted by atomic mass is 10.3. The minimum Gasteiger partial charge on any atom is -0.494 e. The van der Waals surface area contributed by atoms with Crippen molar-refractivity contribution in [1.82, 2.24) is 9.21 Å². The third kappa shape index (κ3) is 4.71. The van der Waals surface area contributed by atoms with E-state index in [4.69, 9.17) is 4.74 Å². The molecule has 124 valence electrons. The molecule has 1 amide bonds. The number of likely N-dealkylation sites (N-methyl/N-ethyl adjacent to an activating group) is 1. The van der Waals surface area contributed by atoms with Gasteiger partial charge < -0.3 is 9.64 Å². The second-order valence-corrected chi connectivity index (χ2v) is 6.97. The van der Waals surface area contributed by atoms with Gasteiger partial charge in [-0.05, 0) is 37.6 Å². The number of nitrogens with zero attached hydrogens (tertiary/aromatic N) is 2. The van der Waals surface area contributed by atoms with E-state index >= 15 is 0 Å². The molecular weight excluding hydrogens is 304 g/mol. The Kier molecular flexibility index (Phi) is 6.83. The number of carbonyl (C=O) groups excluding carboxylic acids is 1. The predicted octanol–water partition coefficient (Wildman–Crippen LogP) is 1.57. The molecule has 0 bridgehead atoms. The van der Waals surface area contributed by atoms with E-state index in [0.717, 1.165) is 0 Å². The van der Waals surface area contributed by atoms with Gasteiger partial charge in [0.15, 0.2) is 0 Å². The van der Waals surface area contributed by atoms with Crippen LogP contribution in [0.4, 0.5) is 0 Å². The quantitative estimate of drug-likeness (QED) is 0.726. The zero-order valence-corrected chi connectivity index (χ0v) is 14.4. The highest BCUT2D eigenvalue weighted by Gasteiger charge is 2.26. The summed E-state index contributed by atoms with van der Waals surface area (Å²) in [4.78, 5) is 13.4. The zero-order valence-electron chi connectivity index (χ0n) is 13.6. The average Bonchev–Trinajstić information content (AvgIpc) is 2.47. The van der Waals surface area contributed by atoms with Crippen molar-refractivity contribution in [1.29, 1.82) is 0 Å². The molecule has 22 heavy (non-hydrogen) atoms. The summed E-state index contributed by atoms with van der Waals surface area (Å²) in [6, 6.07) is 6.24. The molecule has 0 radical (unpaired) electrons. The van der Waals surface area contributed by atoms with Crippen molar-refractivity contribution >= 4 is 15.9 Å². The van der Waals surface area contributed by atoms with Gasteiger partial charge in [0.2, 0.25) is 15.9 Å². The number of ether oxygens (including phenoxy) is 1. The monoisotopic (exact) mass is 328 g/mol. The lowest BCUT2D eigenvalue weighted by Crippen LogP contribution is -2.40. The summed E-state index contributed by atoms with van der Waals surface area (Å²) in [6.07, 6.45) is 0.636. The molecule has 0 saturated heterocycles. The number of rotatable bonds is 8. The molecule has 0 saturated carbocycles. The fourth-order valence-electron chi connectivity index (χ4n) is 1.85. The maximum atomic E-state index is 12.7. The van der Waals surface area contributed by atoms with Gasteiger partial charge in [-0.3, -0.25) is 4.79 Å². The predicted molar refractivity (Wildman–Crippen MR) is 85.4 cm³/mol. The van der Waals surface area contributed by atoms with Crippen molar-refractivity contribution in [3.8, 4) is 5.75 Å². The Morgan fingerprint density at radius 2 is 1.73 bits per heavy atom. The van der Waals surface area contributed by atoms with Crippen LogP contribution in [0.3, 0.4) is 0 Å². The first kappa shape index (κ1) is 18.4. The van der Waals surface area contributed by atoms with E-state index in [9.17, 15) is 13.2 Å². The minimum atomic E-state index is -3.69. The van der Waals surface area contributed by atoms with Crippen LogP contribution < -0.4 is 4.74 Å². The topological polar surface area (TPSA) is 66.9 Å². The Bertz CT molecular complexity index is 582. The van der Waals surface area contributed by atoms with E-state index in [1.807, 2.05) is 13.8 Å². The van der Waals surface area contributed by atoms with Crippen molar-refractivity contribution in [2.75, 3.05) is 33.8 Å². The number of amides is 1. The van der Waals surface area contributed by atoms with Crippen LogP contribution in [0.25, 0.3) is 0 Å². The van der Waals surface area contributed by atoms with Crippen LogP contribution in [-0.4, -0.2) is 57.3 Å². The molecule has 0 atom stereocenters. The molecule has 6 nitrogen and oxygen atoms in total. The Labute approximate surface area is 132 Å². The molecule has 0 unspecified atom stereocenters. The highest BCUT2D eigenvalue weighted by molar-refractivity contribution is 7.89. The largest absolute Gasteiger partial charge is 0.494 e. The lowest BCUT2D eigenvalue weighted by molar-refractivity contribution is -0.128. The molecule has 0 N–H and O–H groups in total. The fourth-order valence-corrected chi connectivity index (χ4v) is 3.33. The van der Waals surface area contributed by atoms with Gasteiger partial charge >= 0.3 is 0 Å². The first-order chi connectivity index (χ1) is 10.3. The van der Waals surface area contributed by atoms with Crippen LogP contribution >= 0.6 is 0 Å². The van der Waals surface area contributed by atoms with E-state index in [0.29, 0.717) is 25.3 Å². The maximum absolute atomic E-state index is 12.7. The summed E-state index contributed by atoms with van der Waals surface area (Å²) in [6.45, 7) is 4.40. The maximum Gasteiger partial charge on any atom is 0.243 e. The molecule has 0 aliphatic heterocycles. The number of benzene rings is 1. The molecule has 7 heteroatoms. The Morgan fingerprint density at radius 1 is 1.14 bits per heavy atom. The molecule has 1 aromatic carbocycles. The van der Waals surface area contributed by atoms with Gasteiger partial charge in [0.05, 0.1) is 18.0 Å². The number of sulfonamides is 1. The van der Waals surface area contributed by atoms with Crippen LogP contribution in [0.15, 0.2) is 29.2 Å². The standard InChI is InChI=1S/C15H24N2O4S/c1-5-11-17(12-15(18)16(3)4)22(19,20)14-9-7-13(8-10-14)21-6-2/h7-10H,5-6,11-12H2,1-4H3. The molecule has 0 heterocycles. The van der Waals surface area contributed by atoms with Crippen LogP contribution in [-0.2, 0) is 14.8 Å². The molecule has 0 aliphatic carbocycles. The van der Waals surface area contributed by atoms with Crippen molar-refractivity contribution < 1.29 is 17.9 Å². The Hall–Kier alpha value is -1.60. The van der Waals surface area contributed by atoms with Crippen LogP contribution in [0.5, 0.6) is 5.75 Å². The van der Waals surface area contributed by atoms with E-state index < -0.39 is 10.0 Å². The Balaban J connectivity index is 3.02. The second kappa shape index (κ2) is 8.14. The van der Waals surface area contributed by atoms with Crippen LogP contribution in [0.1, 0.15) is 20.3 Å². The molecule has 0 aromatic heterocycles. The smallest absolute Gasteiger partial charge is 0.243 e. The lowest BCUT2D eigenvalue weighted by Gasteiger charge is -2.23. The molecule has 0 fully saturated rings. The molecule has 1 aromatic rings. The Morgan fingerprint density at radius 3 is 2.18 bits per heavy atom. The number of carbonyl (C=O) groups is 1. The van der Waals surface area contributed by atoms with E-state index in [1.165, 1.54) is 21.3 Å². The van der Waals surface area contributed by atoms with Gasteiger partial charge in [0, 0.05) is 20.6 Å². The number of hydrogen-bond acceptors (Lipinski definition) is 4. The first-order valence-corrected chi connectivity index (χ1v) is 8.70. The summed E-state index contributed by atoms with van der Waals surface area (Å²) in [5.74, 6) is 0.371. The summed E-state index contributed by atoms with van der Waals surface area (Å²) >= 11 is 0. The fraction of sp³-hybridized carbons (Fsp3) is 0.533.